The van der Waals surface area contributed by atoms with Crippen LogP contribution in [0.25, 0.3) is 16.6 Å². The molecule has 3 heterocycles. The van der Waals surface area contributed by atoms with Crippen molar-refractivity contribution in [2.75, 3.05) is 11.9 Å². The highest BCUT2D eigenvalue weighted by Crippen LogP contribution is 2.28. The number of benzene rings is 2. The number of halogens is 2. The molecule has 8 heteroatoms. The Morgan fingerprint density at radius 1 is 1.13 bits per heavy atom. The maximum Gasteiger partial charge on any atom is 0.266 e. The number of fused-ring (bicyclic) bond motifs is 2. The normalized spacial score (nSPS) is 13.3. The van der Waals surface area contributed by atoms with Crippen molar-refractivity contribution in [2.24, 2.45) is 0 Å². The predicted octanol–water partition coefficient (Wildman–Crippen LogP) is 4.79. The lowest BCUT2D eigenvalue weighted by Gasteiger charge is -2.18. The first-order valence-corrected chi connectivity index (χ1v) is 10.7. The lowest BCUT2D eigenvalue weighted by Crippen LogP contribution is -2.23. The molecule has 1 aliphatic heterocycles. The molecule has 0 aliphatic carbocycles. The first-order valence-electron chi connectivity index (χ1n) is 9.94. The van der Waals surface area contributed by atoms with E-state index >= 15 is 0 Å². The Labute approximate surface area is 188 Å². The Morgan fingerprint density at radius 3 is 2.74 bits per heavy atom. The molecule has 156 valence electrons. The zero-order chi connectivity index (χ0) is 21.5. The van der Waals surface area contributed by atoms with Crippen LogP contribution >= 0.6 is 23.2 Å². The van der Waals surface area contributed by atoms with Crippen molar-refractivity contribution in [2.45, 2.75) is 19.9 Å². The highest BCUT2D eigenvalue weighted by atomic mass is 35.5. The lowest BCUT2D eigenvalue weighted by atomic mass is 10.0. The second-order valence-corrected chi connectivity index (χ2v) is 8.36. The van der Waals surface area contributed by atoms with Gasteiger partial charge in [0.25, 0.3) is 5.56 Å². The molecule has 2 N–H and O–H groups in total. The maximum atomic E-state index is 13.2. The molecule has 0 atom stereocenters. The molecule has 5 rings (SSSR count). The van der Waals surface area contributed by atoms with Crippen molar-refractivity contribution < 1.29 is 0 Å². The summed E-state index contributed by atoms with van der Waals surface area (Å²) in [6.45, 7) is 3.76. The molecule has 0 bridgehead atoms. The van der Waals surface area contributed by atoms with Gasteiger partial charge in [-0.05, 0) is 60.8 Å². The molecule has 31 heavy (non-hydrogen) atoms. The Kier molecular flexibility index (Phi) is 5.14. The van der Waals surface area contributed by atoms with E-state index in [0.717, 1.165) is 30.8 Å². The van der Waals surface area contributed by atoms with E-state index in [4.69, 9.17) is 23.2 Å². The summed E-state index contributed by atoms with van der Waals surface area (Å²) in [6.07, 6.45) is 4.25. The molecule has 0 radical (unpaired) electrons. The van der Waals surface area contributed by atoms with Crippen LogP contribution in [-0.2, 0) is 13.0 Å². The Balaban J connectivity index is 1.55. The van der Waals surface area contributed by atoms with Crippen molar-refractivity contribution in [3.8, 4) is 5.69 Å². The van der Waals surface area contributed by atoms with Crippen LogP contribution in [0.1, 0.15) is 16.7 Å². The van der Waals surface area contributed by atoms with Crippen LogP contribution in [0.4, 0.5) is 11.6 Å². The van der Waals surface area contributed by atoms with Crippen LogP contribution in [-0.4, -0.2) is 21.1 Å². The average Bonchev–Trinajstić information content (AvgIpc) is 2.77. The number of aromatic nitrogens is 3. The molecule has 0 fully saturated rings. The number of hydrogen-bond donors (Lipinski definition) is 2. The van der Waals surface area contributed by atoms with Crippen LogP contribution in [0.15, 0.2) is 53.6 Å². The number of rotatable bonds is 3. The van der Waals surface area contributed by atoms with Crippen molar-refractivity contribution in [3.05, 3.63) is 85.9 Å². The molecule has 0 unspecified atom stereocenters. The minimum Gasteiger partial charge on any atom is -0.324 e. The highest BCUT2D eigenvalue weighted by molar-refractivity contribution is 6.37. The van der Waals surface area contributed by atoms with Crippen molar-refractivity contribution >= 4 is 45.7 Å². The number of anilines is 2. The molecule has 0 saturated heterocycles. The summed E-state index contributed by atoms with van der Waals surface area (Å²) in [5, 5.41) is 7.83. The van der Waals surface area contributed by atoms with E-state index in [0.29, 0.717) is 32.6 Å². The summed E-state index contributed by atoms with van der Waals surface area (Å²) in [5.41, 5.74) is 5.13. The topological polar surface area (TPSA) is 71.8 Å². The molecule has 2 aromatic heterocycles. The number of aryl methyl sites for hydroxylation is 1. The second-order valence-electron chi connectivity index (χ2n) is 7.55. The smallest absolute Gasteiger partial charge is 0.266 e. The summed E-state index contributed by atoms with van der Waals surface area (Å²) >= 11 is 12.6. The van der Waals surface area contributed by atoms with Crippen LogP contribution in [0.5, 0.6) is 0 Å². The van der Waals surface area contributed by atoms with Gasteiger partial charge >= 0.3 is 0 Å². The Morgan fingerprint density at radius 2 is 1.94 bits per heavy atom. The number of nitrogens with zero attached hydrogens (tertiary/aromatic N) is 3. The van der Waals surface area contributed by atoms with Gasteiger partial charge in [0.05, 0.1) is 26.6 Å². The third kappa shape index (κ3) is 3.67. The standard InChI is InChI=1S/C23H19Cl2N5O/c1-13-12-30(21-18(24)3-2-4-19(21)25)22(31)17-11-27-23(29-20(13)17)28-16-6-5-15-10-26-8-7-14(15)9-16/h2-6,9,11-12,26H,7-8,10H2,1H3,(H,27,28,29). The first-order chi connectivity index (χ1) is 15.0. The van der Waals surface area contributed by atoms with Gasteiger partial charge in [-0.2, -0.15) is 0 Å². The minimum absolute atomic E-state index is 0.275. The van der Waals surface area contributed by atoms with Gasteiger partial charge in [-0.15, -0.1) is 0 Å². The third-order valence-electron chi connectivity index (χ3n) is 5.46. The fourth-order valence-electron chi connectivity index (χ4n) is 3.91. The van der Waals surface area contributed by atoms with E-state index < -0.39 is 0 Å². The Hall–Kier alpha value is -2.93. The molecule has 0 saturated carbocycles. The van der Waals surface area contributed by atoms with Gasteiger partial charge in [-0.3, -0.25) is 9.36 Å². The number of para-hydroxylation sites is 1. The number of nitrogens with one attached hydrogen (secondary N) is 2. The number of pyridine rings is 1. The van der Waals surface area contributed by atoms with Crippen molar-refractivity contribution in [1.29, 1.82) is 0 Å². The Bertz CT molecular complexity index is 1360. The van der Waals surface area contributed by atoms with E-state index in [-0.39, 0.29) is 5.56 Å². The predicted molar refractivity (Wildman–Crippen MR) is 125 cm³/mol. The lowest BCUT2D eigenvalue weighted by molar-refractivity contribution is 0.644. The highest BCUT2D eigenvalue weighted by Gasteiger charge is 2.15. The summed E-state index contributed by atoms with van der Waals surface area (Å²) in [7, 11) is 0. The van der Waals surface area contributed by atoms with Gasteiger partial charge in [0.15, 0.2) is 0 Å². The van der Waals surface area contributed by atoms with Crippen LogP contribution in [0, 0.1) is 6.92 Å². The monoisotopic (exact) mass is 451 g/mol. The van der Waals surface area contributed by atoms with Crippen molar-refractivity contribution in [1.82, 2.24) is 19.9 Å². The molecule has 2 aromatic carbocycles. The molecule has 0 amide bonds. The van der Waals surface area contributed by atoms with Gasteiger partial charge in [-0.1, -0.05) is 35.3 Å². The summed E-state index contributed by atoms with van der Waals surface area (Å²) in [5.74, 6) is 0.442. The maximum absolute atomic E-state index is 13.2. The average molecular weight is 452 g/mol. The molecule has 6 nitrogen and oxygen atoms in total. The third-order valence-corrected chi connectivity index (χ3v) is 6.07. The van der Waals surface area contributed by atoms with E-state index in [2.05, 4.69) is 32.7 Å². The SMILES string of the molecule is Cc1cn(-c2c(Cl)cccc2Cl)c(=O)c2cnc(Nc3ccc4c(c3)CCNC4)nc12. The zero-order valence-corrected chi connectivity index (χ0v) is 18.3. The van der Waals surface area contributed by atoms with Crippen LogP contribution < -0.4 is 16.2 Å². The van der Waals surface area contributed by atoms with E-state index in [1.165, 1.54) is 15.7 Å². The summed E-state index contributed by atoms with van der Waals surface area (Å²) in [4.78, 5) is 22.1. The van der Waals surface area contributed by atoms with Gasteiger partial charge < -0.3 is 10.6 Å². The minimum atomic E-state index is -0.275. The molecular weight excluding hydrogens is 433 g/mol. The van der Waals surface area contributed by atoms with Gasteiger partial charge in [0.2, 0.25) is 5.95 Å². The molecular formula is C23H19Cl2N5O. The summed E-state index contributed by atoms with van der Waals surface area (Å²) in [6, 6.07) is 11.4. The fraction of sp³-hybridized carbons (Fsp3) is 0.174. The van der Waals surface area contributed by atoms with Gasteiger partial charge in [0.1, 0.15) is 0 Å². The van der Waals surface area contributed by atoms with E-state index in [1.54, 1.807) is 30.6 Å². The van der Waals surface area contributed by atoms with E-state index in [1.807, 2.05) is 13.0 Å². The van der Waals surface area contributed by atoms with Crippen LogP contribution in [0.3, 0.4) is 0 Å². The van der Waals surface area contributed by atoms with Crippen LogP contribution in [0.2, 0.25) is 10.0 Å². The van der Waals surface area contributed by atoms with E-state index in [9.17, 15) is 4.79 Å². The van der Waals surface area contributed by atoms with Crippen molar-refractivity contribution in [3.63, 3.8) is 0 Å². The molecule has 1 aliphatic rings. The summed E-state index contributed by atoms with van der Waals surface area (Å²) < 4.78 is 1.45. The second kappa shape index (κ2) is 7.96. The number of hydrogen-bond acceptors (Lipinski definition) is 5. The molecule has 0 spiro atoms. The first kappa shape index (κ1) is 20.0. The van der Waals surface area contributed by atoms with Gasteiger partial charge in [0, 0.05) is 24.6 Å². The molecule has 4 aromatic rings. The largest absolute Gasteiger partial charge is 0.324 e. The quantitative estimate of drug-likeness (QED) is 0.468. The van der Waals surface area contributed by atoms with Gasteiger partial charge in [-0.25, -0.2) is 9.97 Å². The fourth-order valence-corrected chi connectivity index (χ4v) is 4.49. The zero-order valence-electron chi connectivity index (χ0n) is 16.7.